The van der Waals surface area contributed by atoms with Crippen LogP contribution in [0.4, 0.5) is 11.4 Å². The van der Waals surface area contributed by atoms with Gasteiger partial charge in [0.2, 0.25) is 0 Å². The molecule has 104 valence electrons. The van der Waals surface area contributed by atoms with Gasteiger partial charge in [0.15, 0.2) is 6.10 Å². The number of carbonyl (C=O) groups is 1. The molecule has 19 heavy (non-hydrogen) atoms. The third-order valence-electron chi connectivity index (χ3n) is 3.16. The maximum atomic E-state index is 11.4. The largest absolute Gasteiger partial charge is 0.389 e. The lowest BCUT2D eigenvalue weighted by atomic mass is 10.1. The highest BCUT2D eigenvalue weighted by Gasteiger charge is 2.29. The summed E-state index contributed by atoms with van der Waals surface area (Å²) in [6.45, 7) is 6.77. The molecule has 1 aromatic carbocycles. The zero-order chi connectivity index (χ0) is 14.2. The van der Waals surface area contributed by atoms with Crippen LogP contribution in [0.1, 0.15) is 32.4 Å². The van der Waals surface area contributed by atoms with Crippen molar-refractivity contribution in [2.24, 2.45) is 0 Å². The maximum Gasteiger partial charge on any atom is 0.257 e. The third kappa shape index (κ3) is 2.88. The molecule has 1 aliphatic heterocycles. The van der Waals surface area contributed by atoms with E-state index in [0.717, 1.165) is 12.2 Å². The Balaban J connectivity index is 2.27. The molecule has 0 spiro atoms. The normalized spacial score (nSPS) is 18.2. The molecular weight excluding hydrogens is 244 g/mol. The van der Waals surface area contributed by atoms with E-state index in [9.17, 15) is 15.0 Å². The van der Waals surface area contributed by atoms with Gasteiger partial charge in [-0.2, -0.15) is 0 Å². The van der Waals surface area contributed by atoms with Crippen molar-refractivity contribution in [1.82, 2.24) is 0 Å². The summed E-state index contributed by atoms with van der Waals surface area (Å²) in [6.07, 6.45) is -1.08. The fourth-order valence-corrected chi connectivity index (χ4v) is 2.28. The Kier molecular flexibility index (Phi) is 3.52. The summed E-state index contributed by atoms with van der Waals surface area (Å²) in [6, 6.07) is 5.44. The number of aliphatic hydroxyl groups is 2. The molecule has 0 bridgehead atoms. The number of amides is 1. The van der Waals surface area contributed by atoms with Crippen LogP contribution in [0.2, 0.25) is 0 Å². The van der Waals surface area contributed by atoms with Gasteiger partial charge in [-0.25, -0.2) is 0 Å². The molecule has 1 aliphatic rings. The van der Waals surface area contributed by atoms with Crippen LogP contribution >= 0.6 is 0 Å². The number of fused-ring (bicyclic) bond motifs is 1. The second-order valence-electron chi connectivity index (χ2n) is 5.49. The van der Waals surface area contributed by atoms with Crippen molar-refractivity contribution in [1.29, 1.82) is 0 Å². The van der Waals surface area contributed by atoms with E-state index in [0.29, 0.717) is 17.8 Å². The summed E-state index contributed by atoms with van der Waals surface area (Å²) in [5, 5.41) is 22.2. The Morgan fingerprint density at radius 3 is 2.68 bits per heavy atom. The number of nitrogens with zero attached hydrogens (tertiary/aromatic N) is 1. The van der Waals surface area contributed by atoms with Gasteiger partial charge in [-0.1, -0.05) is 6.07 Å². The summed E-state index contributed by atoms with van der Waals surface area (Å²) in [5.74, 6) is -0.391. The van der Waals surface area contributed by atoms with Gasteiger partial charge in [0.1, 0.15) is 0 Å². The van der Waals surface area contributed by atoms with Crippen LogP contribution in [-0.4, -0.2) is 34.8 Å². The van der Waals surface area contributed by atoms with E-state index in [1.807, 2.05) is 24.0 Å². The van der Waals surface area contributed by atoms with E-state index < -0.39 is 17.6 Å². The number of likely N-dealkylation sites (N-methyl/N-ethyl adjacent to an activating group) is 1. The highest BCUT2D eigenvalue weighted by molar-refractivity contribution is 6.02. The van der Waals surface area contributed by atoms with E-state index in [1.54, 1.807) is 19.9 Å². The minimum absolute atomic E-state index is 0.391. The smallest absolute Gasteiger partial charge is 0.257 e. The SMILES string of the molecule is CCN(CC(C)(C)O)c1ccc2c(c1)NC(=O)C2O. The van der Waals surface area contributed by atoms with Crippen molar-refractivity contribution < 1.29 is 15.0 Å². The molecular formula is C14H20N2O3. The van der Waals surface area contributed by atoms with Crippen molar-refractivity contribution in [3.63, 3.8) is 0 Å². The molecule has 1 amide bonds. The highest BCUT2D eigenvalue weighted by atomic mass is 16.3. The van der Waals surface area contributed by atoms with Crippen molar-refractivity contribution in [2.45, 2.75) is 32.5 Å². The van der Waals surface area contributed by atoms with Gasteiger partial charge in [-0.15, -0.1) is 0 Å². The lowest BCUT2D eigenvalue weighted by Crippen LogP contribution is -2.38. The van der Waals surface area contributed by atoms with Gasteiger partial charge in [-0.3, -0.25) is 4.79 Å². The van der Waals surface area contributed by atoms with Crippen LogP contribution in [0.5, 0.6) is 0 Å². The van der Waals surface area contributed by atoms with Crippen molar-refractivity contribution in [3.05, 3.63) is 23.8 Å². The van der Waals surface area contributed by atoms with E-state index >= 15 is 0 Å². The predicted molar refractivity (Wildman–Crippen MR) is 74.2 cm³/mol. The molecule has 1 aromatic rings. The van der Waals surface area contributed by atoms with Crippen LogP contribution in [-0.2, 0) is 4.79 Å². The fourth-order valence-electron chi connectivity index (χ4n) is 2.28. The molecule has 0 saturated carbocycles. The fraction of sp³-hybridized carbons (Fsp3) is 0.500. The lowest BCUT2D eigenvalue weighted by molar-refractivity contribution is -0.123. The zero-order valence-electron chi connectivity index (χ0n) is 11.5. The van der Waals surface area contributed by atoms with Crippen LogP contribution < -0.4 is 10.2 Å². The minimum Gasteiger partial charge on any atom is -0.389 e. The van der Waals surface area contributed by atoms with Crippen LogP contribution in [0.15, 0.2) is 18.2 Å². The number of aliphatic hydroxyl groups excluding tert-OH is 1. The first kappa shape index (κ1) is 13.8. The summed E-state index contributed by atoms with van der Waals surface area (Å²) in [4.78, 5) is 13.4. The van der Waals surface area contributed by atoms with Gasteiger partial charge in [0, 0.05) is 30.0 Å². The van der Waals surface area contributed by atoms with Crippen molar-refractivity contribution >= 4 is 17.3 Å². The molecule has 1 atom stereocenters. The average molecular weight is 264 g/mol. The maximum absolute atomic E-state index is 11.4. The molecule has 5 nitrogen and oxygen atoms in total. The first-order valence-corrected chi connectivity index (χ1v) is 6.42. The first-order chi connectivity index (χ1) is 8.81. The molecule has 0 aromatic heterocycles. The number of hydrogen-bond donors (Lipinski definition) is 3. The summed E-state index contributed by atoms with van der Waals surface area (Å²) >= 11 is 0. The van der Waals surface area contributed by atoms with Gasteiger partial charge in [0.05, 0.1) is 5.60 Å². The number of anilines is 2. The molecule has 0 fully saturated rings. The molecule has 0 radical (unpaired) electrons. The molecule has 1 heterocycles. The predicted octanol–water partition coefficient (Wildman–Crippen LogP) is 1.27. The highest BCUT2D eigenvalue weighted by Crippen LogP contribution is 2.34. The quantitative estimate of drug-likeness (QED) is 0.765. The van der Waals surface area contributed by atoms with E-state index in [2.05, 4.69) is 5.32 Å². The Morgan fingerprint density at radius 1 is 1.42 bits per heavy atom. The van der Waals surface area contributed by atoms with Crippen LogP contribution in [0.3, 0.4) is 0 Å². The van der Waals surface area contributed by atoms with Gasteiger partial charge >= 0.3 is 0 Å². The van der Waals surface area contributed by atoms with Crippen LogP contribution in [0, 0.1) is 0 Å². The molecule has 1 unspecified atom stereocenters. The zero-order valence-corrected chi connectivity index (χ0v) is 11.5. The Hall–Kier alpha value is -1.59. The molecule has 5 heteroatoms. The average Bonchev–Trinajstić information content (AvgIpc) is 2.60. The second kappa shape index (κ2) is 4.83. The summed E-state index contributed by atoms with van der Waals surface area (Å²) in [5.41, 5.74) is 1.37. The topological polar surface area (TPSA) is 72.8 Å². The first-order valence-electron chi connectivity index (χ1n) is 6.42. The van der Waals surface area contributed by atoms with Crippen molar-refractivity contribution in [2.75, 3.05) is 23.3 Å². The monoisotopic (exact) mass is 264 g/mol. The van der Waals surface area contributed by atoms with E-state index in [-0.39, 0.29) is 0 Å². The number of carbonyl (C=O) groups excluding carboxylic acids is 1. The Morgan fingerprint density at radius 2 is 2.11 bits per heavy atom. The van der Waals surface area contributed by atoms with E-state index in [1.165, 1.54) is 0 Å². The standard InChI is InChI=1S/C14H20N2O3/c1-4-16(8-14(2,3)19)9-5-6-10-11(7-9)15-13(18)12(10)17/h5-7,12,17,19H,4,8H2,1-3H3,(H,15,18). The molecule has 3 N–H and O–H groups in total. The Labute approximate surface area is 112 Å². The van der Waals surface area contributed by atoms with Gasteiger partial charge in [-0.05, 0) is 32.9 Å². The molecule has 2 rings (SSSR count). The molecule has 0 saturated heterocycles. The lowest BCUT2D eigenvalue weighted by Gasteiger charge is -2.30. The summed E-state index contributed by atoms with van der Waals surface area (Å²) in [7, 11) is 0. The third-order valence-corrected chi connectivity index (χ3v) is 3.16. The number of hydrogen-bond acceptors (Lipinski definition) is 4. The van der Waals surface area contributed by atoms with Gasteiger partial charge < -0.3 is 20.4 Å². The number of rotatable bonds is 4. The Bertz CT molecular complexity index is 494. The second-order valence-corrected chi connectivity index (χ2v) is 5.49. The number of nitrogens with one attached hydrogen (secondary N) is 1. The minimum atomic E-state index is -1.08. The van der Waals surface area contributed by atoms with Crippen LogP contribution in [0.25, 0.3) is 0 Å². The van der Waals surface area contributed by atoms with E-state index in [4.69, 9.17) is 0 Å². The van der Waals surface area contributed by atoms with Crippen molar-refractivity contribution in [3.8, 4) is 0 Å². The number of benzene rings is 1. The van der Waals surface area contributed by atoms with Gasteiger partial charge in [0.25, 0.3) is 5.91 Å². The summed E-state index contributed by atoms with van der Waals surface area (Å²) < 4.78 is 0. The molecule has 0 aliphatic carbocycles.